The summed E-state index contributed by atoms with van der Waals surface area (Å²) in [6.45, 7) is 7.52. The molecule has 0 heterocycles. The lowest BCUT2D eigenvalue weighted by Gasteiger charge is -2.24. The van der Waals surface area contributed by atoms with Crippen molar-refractivity contribution in [2.24, 2.45) is 0 Å². The van der Waals surface area contributed by atoms with Gasteiger partial charge in [-0.2, -0.15) is 0 Å². The molecule has 0 aliphatic rings. The number of carbonyl (C=O) groups excluding carboxylic acids is 2. The van der Waals surface area contributed by atoms with Crippen molar-refractivity contribution >= 4 is 11.9 Å². The van der Waals surface area contributed by atoms with Crippen LogP contribution in [-0.2, 0) is 19.1 Å². The summed E-state index contributed by atoms with van der Waals surface area (Å²) in [4.78, 5) is 24.1. The molecule has 5 heteroatoms. The van der Waals surface area contributed by atoms with Crippen molar-refractivity contribution in [2.75, 3.05) is 13.2 Å². The van der Waals surface area contributed by atoms with Gasteiger partial charge in [0.25, 0.3) is 0 Å². The highest BCUT2D eigenvalue weighted by Crippen LogP contribution is 2.18. The monoisotopic (exact) mass is 293 g/mol. The first-order chi connectivity index (χ1) is 9.83. The molecule has 0 saturated heterocycles. The van der Waals surface area contributed by atoms with Gasteiger partial charge >= 0.3 is 5.97 Å². The quantitative estimate of drug-likeness (QED) is 0.817. The van der Waals surface area contributed by atoms with E-state index in [1.807, 2.05) is 6.07 Å². The van der Waals surface area contributed by atoms with Crippen molar-refractivity contribution in [1.29, 1.82) is 0 Å². The van der Waals surface area contributed by atoms with E-state index >= 15 is 0 Å². The predicted octanol–water partition coefficient (Wildman–Crippen LogP) is 2.22. The van der Waals surface area contributed by atoms with Crippen LogP contribution in [-0.4, -0.2) is 30.7 Å². The Kier molecular flexibility index (Phi) is 6.37. The third-order valence-corrected chi connectivity index (χ3v) is 2.52. The zero-order valence-corrected chi connectivity index (χ0v) is 13.0. The van der Waals surface area contributed by atoms with Crippen LogP contribution in [0.2, 0.25) is 0 Å². The van der Waals surface area contributed by atoms with Gasteiger partial charge < -0.3 is 14.8 Å². The summed E-state index contributed by atoms with van der Waals surface area (Å²) in [5.74, 6) is -0.838. The normalized spacial score (nSPS) is 12.6. The van der Waals surface area contributed by atoms with Gasteiger partial charge in [0, 0.05) is 6.61 Å². The lowest BCUT2D eigenvalue weighted by molar-refractivity contribution is -0.159. The molecule has 0 bridgehead atoms. The first kappa shape index (κ1) is 17.2. The average Bonchev–Trinajstić information content (AvgIpc) is 2.41. The lowest BCUT2D eigenvalue weighted by Crippen LogP contribution is -2.39. The van der Waals surface area contributed by atoms with Gasteiger partial charge in [0.05, 0.1) is 0 Å². The van der Waals surface area contributed by atoms with Crippen molar-refractivity contribution in [3.8, 4) is 0 Å². The molecule has 116 valence electrons. The van der Waals surface area contributed by atoms with Crippen LogP contribution in [0.15, 0.2) is 30.3 Å². The second-order valence-electron chi connectivity index (χ2n) is 5.58. The molecule has 1 N–H and O–H groups in total. The van der Waals surface area contributed by atoms with Gasteiger partial charge in [-0.3, -0.25) is 4.79 Å². The third-order valence-electron chi connectivity index (χ3n) is 2.52. The largest absolute Gasteiger partial charge is 0.458 e. The standard InChI is InChI=1S/C16H23NO4/c1-5-20-11-13(18)17-14(12-9-7-6-8-10-12)15(19)21-16(2,3)4/h6-10,14H,5,11H2,1-4H3,(H,17,18)/t14-/m0/s1. The molecule has 1 amide bonds. The minimum atomic E-state index is -0.835. The second-order valence-corrected chi connectivity index (χ2v) is 5.58. The van der Waals surface area contributed by atoms with Crippen LogP contribution in [0, 0.1) is 0 Å². The van der Waals surface area contributed by atoms with Crippen LogP contribution < -0.4 is 5.32 Å². The molecule has 1 aromatic rings. The number of hydrogen-bond acceptors (Lipinski definition) is 4. The van der Waals surface area contributed by atoms with E-state index in [1.54, 1.807) is 52.0 Å². The molecule has 0 fully saturated rings. The van der Waals surface area contributed by atoms with E-state index in [4.69, 9.17) is 9.47 Å². The van der Waals surface area contributed by atoms with Gasteiger partial charge in [0.15, 0.2) is 6.04 Å². The zero-order chi connectivity index (χ0) is 15.9. The summed E-state index contributed by atoms with van der Waals surface area (Å²) in [6.07, 6.45) is 0. The summed E-state index contributed by atoms with van der Waals surface area (Å²) in [5, 5.41) is 2.65. The van der Waals surface area contributed by atoms with Gasteiger partial charge in [-0.05, 0) is 33.3 Å². The van der Waals surface area contributed by atoms with Gasteiger partial charge in [-0.15, -0.1) is 0 Å². The molecule has 0 aromatic heterocycles. The second kappa shape index (κ2) is 7.78. The smallest absolute Gasteiger partial charge is 0.333 e. The number of benzene rings is 1. The van der Waals surface area contributed by atoms with Crippen LogP contribution in [0.4, 0.5) is 0 Å². The highest BCUT2D eigenvalue weighted by molar-refractivity contribution is 5.86. The molecule has 0 spiro atoms. The molecular weight excluding hydrogens is 270 g/mol. The molecule has 1 atom stereocenters. The lowest BCUT2D eigenvalue weighted by atomic mass is 10.1. The first-order valence-corrected chi connectivity index (χ1v) is 6.98. The van der Waals surface area contributed by atoms with E-state index in [1.165, 1.54) is 0 Å². The summed E-state index contributed by atoms with van der Waals surface area (Å²) in [5.41, 5.74) is 0.0611. The Morgan fingerprint density at radius 2 is 1.81 bits per heavy atom. The molecule has 21 heavy (non-hydrogen) atoms. The van der Waals surface area contributed by atoms with Crippen molar-refractivity contribution in [2.45, 2.75) is 39.3 Å². The molecule has 0 aliphatic heterocycles. The fourth-order valence-corrected chi connectivity index (χ4v) is 1.68. The maximum absolute atomic E-state index is 12.3. The first-order valence-electron chi connectivity index (χ1n) is 6.98. The molecule has 1 aromatic carbocycles. The van der Waals surface area contributed by atoms with Gasteiger partial charge in [0.2, 0.25) is 5.91 Å². The predicted molar refractivity (Wildman–Crippen MR) is 79.7 cm³/mol. The van der Waals surface area contributed by atoms with E-state index in [9.17, 15) is 9.59 Å². The molecule has 0 saturated carbocycles. The van der Waals surface area contributed by atoms with E-state index in [0.29, 0.717) is 12.2 Å². The van der Waals surface area contributed by atoms with Crippen LogP contribution in [0.1, 0.15) is 39.3 Å². The van der Waals surface area contributed by atoms with Crippen molar-refractivity contribution in [3.63, 3.8) is 0 Å². The van der Waals surface area contributed by atoms with Gasteiger partial charge in [-0.25, -0.2) is 4.79 Å². The molecule has 0 radical (unpaired) electrons. The van der Waals surface area contributed by atoms with E-state index in [-0.39, 0.29) is 12.5 Å². The minimum absolute atomic E-state index is 0.0807. The molecule has 5 nitrogen and oxygen atoms in total. The topological polar surface area (TPSA) is 64.6 Å². The number of ether oxygens (including phenoxy) is 2. The van der Waals surface area contributed by atoms with Crippen LogP contribution in [0.5, 0.6) is 0 Å². The Labute approximate surface area is 125 Å². The fraction of sp³-hybridized carbons (Fsp3) is 0.500. The number of esters is 1. The Morgan fingerprint density at radius 1 is 1.19 bits per heavy atom. The molecular formula is C16H23NO4. The number of nitrogens with one attached hydrogen (secondary N) is 1. The summed E-state index contributed by atoms with van der Waals surface area (Å²) < 4.78 is 10.4. The Hall–Kier alpha value is -1.88. The maximum atomic E-state index is 12.3. The molecule has 1 rings (SSSR count). The summed E-state index contributed by atoms with van der Waals surface area (Å²) in [7, 11) is 0. The van der Waals surface area contributed by atoms with Crippen molar-refractivity contribution in [1.82, 2.24) is 5.32 Å². The fourth-order valence-electron chi connectivity index (χ4n) is 1.68. The number of hydrogen-bond donors (Lipinski definition) is 1. The molecule has 0 aliphatic carbocycles. The number of amides is 1. The summed E-state index contributed by atoms with van der Waals surface area (Å²) in [6, 6.07) is 8.17. The Bertz CT molecular complexity index is 465. The van der Waals surface area contributed by atoms with Gasteiger partial charge in [0.1, 0.15) is 12.2 Å². The summed E-state index contributed by atoms with van der Waals surface area (Å²) >= 11 is 0. The van der Waals surface area contributed by atoms with Crippen LogP contribution in [0.3, 0.4) is 0 Å². The van der Waals surface area contributed by atoms with Crippen molar-refractivity contribution in [3.05, 3.63) is 35.9 Å². The number of carbonyl (C=O) groups is 2. The van der Waals surface area contributed by atoms with E-state index in [0.717, 1.165) is 0 Å². The Morgan fingerprint density at radius 3 is 2.33 bits per heavy atom. The maximum Gasteiger partial charge on any atom is 0.333 e. The Balaban J connectivity index is 2.85. The van der Waals surface area contributed by atoms with Crippen LogP contribution >= 0.6 is 0 Å². The SMILES string of the molecule is CCOCC(=O)N[C@H](C(=O)OC(C)(C)C)c1ccccc1. The average molecular weight is 293 g/mol. The third kappa shape index (κ3) is 6.40. The van der Waals surface area contributed by atoms with Crippen LogP contribution in [0.25, 0.3) is 0 Å². The van der Waals surface area contributed by atoms with E-state index < -0.39 is 17.6 Å². The molecule has 0 unspecified atom stereocenters. The number of rotatable bonds is 6. The highest BCUT2D eigenvalue weighted by atomic mass is 16.6. The highest BCUT2D eigenvalue weighted by Gasteiger charge is 2.27. The van der Waals surface area contributed by atoms with Crippen molar-refractivity contribution < 1.29 is 19.1 Å². The van der Waals surface area contributed by atoms with Gasteiger partial charge in [-0.1, -0.05) is 30.3 Å². The zero-order valence-electron chi connectivity index (χ0n) is 13.0. The van der Waals surface area contributed by atoms with E-state index in [2.05, 4.69) is 5.32 Å². The minimum Gasteiger partial charge on any atom is -0.458 e.